The Morgan fingerprint density at radius 1 is 0.254 bits per heavy atom. The van der Waals surface area contributed by atoms with E-state index in [0.29, 0.717) is 0 Å². The van der Waals surface area contributed by atoms with Crippen molar-refractivity contribution >= 4 is 43.4 Å². The van der Waals surface area contributed by atoms with Gasteiger partial charge in [-0.05, 0) is 183 Å². The van der Waals surface area contributed by atoms with E-state index >= 15 is 0 Å². The largest absolute Gasteiger partial charge is 0.309 e. The van der Waals surface area contributed by atoms with Crippen LogP contribution in [0.5, 0.6) is 0 Å². The number of fused-ring (bicyclic) bond motifs is 5. The van der Waals surface area contributed by atoms with Crippen LogP contribution in [0, 0.1) is 41.5 Å². The molecule has 0 spiro atoms. The van der Waals surface area contributed by atoms with Gasteiger partial charge < -0.3 is 4.57 Å². The van der Waals surface area contributed by atoms with Crippen molar-refractivity contribution in [1.82, 2.24) is 4.57 Å². The Balaban J connectivity index is 1.09. The second kappa shape index (κ2) is 15.2. The summed E-state index contributed by atoms with van der Waals surface area (Å²) in [5.41, 5.74) is 24.0. The van der Waals surface area contributed by atoms with Crippen molar-refractivity contribution in [3.63, 3.8) is 0 Å². The lowest BCUT2D eigenvalue weighted by Gasteiger charge is -2.19. The predicted molar refractivity (Wildman–Crippen MR) is 271 cm³/mol. The first-order valence-corrected chi connectivity index (χ1v) is 22.2. The maximum Gasteiger partial charge on any atom is 0.0541 e. The molecule has 0 atom stereocenters. The fourth-order valence-corrected chi connectivity index (χ4v) is 10.9. The lowest BCUT2D eigenvalue weighted by Crippen LogP contribution is -1.95. The molecule has 0 aliphatic rings. The van der Waals surface area contributed by atoms with Crippen LogP contribution in [0.1, 0.15) is 33.4 Å². The second-order valence-corrected chi connectivity index (χ2v) is 17.7. The lowest BCUT2D eigenvalue weighted by molar-refractivity contribution is 1.18. The van der Waals surface area contributed by atoms with Crippen molar-refractivity contribution in [3.8, 4) is 61.3 Å². The van der Waals surface area contributed by atoms with Crippen molar-refractivity contribution < 1.29 is 0 Å². The SMILES string of the molecule is Cc1cc(C)c(-c2ccc3c(c2)c2cc(-c4c(C)cc(C)cc4C)ccc2n3-c2ccc(-c3ccc4c(-c5ccccc5)c5ccccc5c(-c5ccccc5)c4c3)cc2)c(C)c1. The molecular formula is C62H49N. The summed E-state index contributed by atoms with van der Waals surface area (Å²) in [4.78, 5) is 0. The predicted octanol–water partition coefficient (Wildman–Crippen LogP) is 17.3. The van der Waals surface area contributed by atoms with Gasteiger partial charge in [0.2, 0.25) is 0 Å². The Morgan fingerprint density at radius 2 is 0.635 bits per heavy atom. The van der Waals surface area contributed by atoms with Gasteiger partial charge in [0.15, 0.2) is 0 Å². The van der Waals surface area contributed by atoms with E-state index in [9.17, 15) is 0 Å². The van der Waals surface area contributed by atoms with Crippen molar-refractivity contribution in [1.29, 1.82) is 0 Å². The third kappa shape index (κ3) is 6.46. The molecule has 0 saturated carbocycles. The summed E-state index contributed by atoms with van der Waals surface area (Å²) in [6.45, 7) is 13.4. The molecule has 10 aromatic carbocycles. The zero-order valence-electron chi connectivity index (χ0n) is 36.8. The van der Waals surface area contributed by atoms with E-state index in [2.05, 4.69) is 234 Å². The van der Waals surface area contributed by atoms with Gasteiger partial charge in [-0.3, -0.25) is 0 Å². The van der Waals surface area contributed by atoms with Gasteiger partial charge in [-0.2, -0.15) is 0 Å². The summed E-state index contributed by atoms with van der Waals surface area (Å²) < 4.78 is 2.46. The molecule has 0 radical (unpaired) electrons. The average Bonchev–Trinajstić information content (AvgIpc) is 3.61. The molecule has 0 unspecified atom stereocenters. The number of aryl methyl sites for hydroxylation is 6. The quantitative estimate of drug-likeness (QED) is 0.148. The first-order chi connectivity index (χ1) is 30.7. The Morgan fingerprint density at radius 3 is 1.11 bits per heavy atom. The highest BCUT2D eigenvalue weighted by molar-refractivity contribution is 6.22. The van der Waals surface area contributed by atoms with Crippen molar-refractivity contribution in [2.75, 3.05) is 0 Å². The molecule has 0 saturated heterocycles. The minimum atomic E-state index is 1.15. The molecule has 0 aliphatic carbocycles. The summed E-state index contributed by atoms with van der Waals surface area (Å²) in [5, 5.41) is 7.58. The van der Waals surface area contributed by atoms with Crippen molar-refractivity contribution in [2.45, 2.75) is 41.5 Å². The fraction of sp³-hybridized carbons (Fsp3) is 0.0968. The molecule has 0 fully saturated rings. The molecule has 1 nitrogen and oxygen atoms in total. The van der Waals surface area contributed by atoms with Gasteiger partial charge in [0.05, 0.1) is 11.0 Å². The highest BCUT2D eigenvalue weighted by Gasteiger charge is 2.20. The monoisotopic (exact) mass is 807 g/mol. The Kier molecular flexibility index (Phi) is 9.25. The zero-order valence-corrected chi connectivity index (χ0v) is 36.8. The Hall–Kier alpha value is -7.48. The number of hydrogen-bond donors (Lipinski definition) is 0. The maximum atomic E-state index is 2.46. The average molecular weight is 808 g/mol. The Labute approximate surface area is 370 Å². The van der Waals surface area contributed by atoms with Gasteiger partial charge in [-0.1, -0.05) is 157 Å². The fourth-order valence-electron chi connectivity index (χ4n) is 10.9. The van der Waals surface area contributed by atoms with Gasteiger partial charge in [0.1, 0.15) is 0 Å². The standard InChI is InChI=1S/C62H49N/c1-38-31-40(3)59(41(4)32-38)48-24-29-57-54(36-48)55-37-49(60-42(5)33-39(2)34-43(60)6)25-30-58(55)63(57)50-26-21-44(22-27-50)47-23-28-53-56(35-47)62(46-17-11-8-12-18-46)52-20-14-13-19-51(52)61(53)45-15-9-7-10-16-45/h7-37H,1-6H3. The summed E-state index contributed by atoms with van der Waals surface area (Å²) in [7, 11) is 0. The second-order valence-electron chi connectivity index (χ2n) is 17.7. The first-order valence-electron chi connectivity index (χ1n) is 22.2. The molecule has 11 rings (SSSR count). The molecule has 0 N–H and O–H groups in total. The van der Waals surface area contributed by atoms with Gasteiger partial charge >= 0.3 is 0 Å². The maximum absolute atomic E-state index is 2.46. The third-order valence-electron chi connectivity index (χ3n) is 13.3. The van der Waals surface area contributed by atoms with Crippen molar-refractivity contribution in [3.05, 3.63) is 221 Å². The Bertz CT molecular complexity index is 3430. The van der Waals surface area contributed by atoms with Crippen LogP contribution in [0.2, 0.25) is 0 Å². The minimum Gasteiger partial charge on any atom is -0.309 e. The zero-order chi connectivity index (χ0) is 42.9. The first kappa shape index (κ1) is 38.4. The molecule has 0 amide bonds. The highest BCUT2D eigenvalue weighted by Crippen LogP contribution is 2.45. The number of rotatable bonds is 6. The summed E-state index contributed by atoms with van der Waals surface area (Å²) in [6, 6.07) is 70.3. The van der Waals surface area contributed by atoms with Crippen LogP contribution in [0.25, 0.3) is 105 Å². The third-order valence-corrected chi connectivity index (χ3v) is 13.3. The topological polar surface area (TPSA) is 4.93 Å². The van der Waals surface area contributed by atoms with E-state index < -0.39 is 0 Å². The molecule has 1 heterocycles. The summed E-state index contributed by atoms with van der Waals surface area (Å²) >= 11 is 0. The molecule has 1 heteroatoms. The van der Waals surface area contributed by atoms with Gasteiger partial charge in [0.25, 0.3) is 0 Å². The number of aromatic nitrogens is 1. The molecule has 1 aromatic heterocycles. The van der Waals surface area contributed by atoms with E-state index in [1.165, 1.54) is 132 Å². The van der Waals surface area contributed by atoms with E-state index in [4.69, 9.17) is 0 Å². The normalized spacial score (nSPS) is 11.7. The number of benzene rings is 10. The van der Waals surface area contributed by atoms with E-state index in [1.54, 1.807) is 0 Å². The molecule has 302 valence electrons. The molecular weight excluding hydrogens is 759 g/mol. The van der Waals surface area contributed by atoms with Crippen LogP contribution in [-0.2, 0) is 0 Å². The van der Waals surface area contributed by atoms with E-state index in [0.717, 1.165) is 5.69 Å². The van der Waals surface area contributed by atoms with Crippen LogP contribution in [0.4, 0.5) is 0 Å². The van der Waals surface area contributed by atoms with Gasteiger partial charge in [-0.15, -0.1) is 0 Å². The molecule has 0 aliphatic heterocycles. The van der Waals surface area contributed by atoms with Crippen LogP contribution >= 0.6 is 0 Å². The van der Waals surface area contributed by atoms with Crippen LogP contribution in [0.3, 0.4) is 0 Å². The minimum absolute atomic E-state index is 1.15. The lowest BCUT2D eigenvalue weighted by atomic mass is 9.85. The van der Waals surface area contributed by atoms with Crippen LogP contribution in [0.15, 0.2) is 188 Å². The molecule has 0 bridgehead atoms. The van der Waals surface area contributed by atoms with Crippen LogP contribution in [-0.4, -0.2) is 4.57 Å². The summed E-state index contributed by atoms with van der Waals surface area (Å²) in [5.74, 6) is 0. The van der Waals surface area contributed by atoms with Gasteiger partial charge in [-0.25, -0.2) is 0 Å². The molecule has 11 aromatic rings. The van der Waals surface area contributed by atoms with Gasteiger partial charge in [0, 0.05) is 16.5 Å². The smallest absolute Gasteiger partial charge is 0.0541 e. The molecule has 63 heavy (non-hydrogen) atoms. The summed E-state index contributed by atoms with van der Waals surface area (Å²) in [6.07, 6.45) is 0. The number of hydrogen-bond acceptors (Lipinski definition) is 0. The highest BCUT2D eigenvalue weighted by atomic mass is 15.0. The van der Waals surface area contributed by atoms with Crippen molar-refractivity contribution in [2.24, 2.45) is 0 Å². The van der Waals surface area contributed by atoms with E-state index in [-0.39, 0.29) is 0 Å². The van der Waals surface area contributed by atoms with Crippen LogP contribution < -0.4 is 0 Å². The number of nitrogens with zero attached hydrogens (tertiary/aromatic N) is 1. The van der Waals surface area contributed by atoms with E-state index in [1.807, 2.05) is 0 Å².